The molecule has 2 saturated heterocycles. The number of hydrogen-bond donors (Lipinski definition) is 8. The Balaban J connectivity index is 1.58. The minimum absolute atomic E-state index is 0.0859. The summed E-state index contributed by atoms with van der Waals surface area (Å²) >= 11 is 0. The summed E-state index contributed by atoms with van der Waals surface area (Å²) in [6.07, 6.45) is -14.3. The van der Waals surface area contributed by atoms with Crippen LogP contribution in [-0.2, 0) is 9.47 Å². The molecule has 0 amide bonds. The molecule has 2 unspecified atom stereocenters. The van der Waals surface area contributed by atoms with Gasteiger partial charge in [-0.15, -0.1) is 0 Å². The van der Waals surface area contributed by atoms with Gasteiger partial charge < -0.3 is 64.2 Å². The van der Waals surface area contributed by atoms with Crippen LogP contribution in [0.15, 0.2) is 45.6 Å². The smallest absolute Gasteiger partial charge is 0.239 e. The summed E-state index contributed by atoms with van der Waals surface area (Å²) < 4.78 is 28.2. The van der Waals surface area contributed by atoms with Crippen LogP contribution in [-0.4, -0.2) is 102 Å². The number of ether oxygens (including phenoxy) is 4. The fourth-order valence-electron chi connectivity index (χ4n) is 4.71. The summed E-state index contributed by atoms with van der Waals surface area (Å²) in [5.41, 5.74) is -0.865. The molecule has 0 bridgehead atoms. The van der Waals surface area contributed by atoms with E-state index >= 15 is 0 Å². The second kappa shape index (κ2) is 11.1. The van der Waals surface area contributed by atoms with E-state index in [9.17, 15) is 45.6 Å². The van der Waals surface area contributed by atoms with E-state index in [4.69, 9.17) is 23.4 Å². The Morgan fingerprint density at radius 3 is 1.80 bits per heavy atom. The highest BCUT2D eigenvalue weighted by molar-refractivity contribution is 5.88. The minimum atomic E-state index is -1.76. The van der Waals surface area contributed by atoms with Crippen molar-refractivity contribution in [1.82, 2.24) is 0 Å². The molecule has 0 aliphatic carbocycles. The predicted octanol–water partition coefficient (Wildman–Crippen LogP) is -0.716. The van der Waals surface area contributed by atoms with Gasteiger partial charge in [0.05, 0.1) is 12.2 Å². The van der Waals surface area contributed by atoms with Gasteiger partial charge in [-0.05, 0) is 38.1 Å². The molecule has 2 aromatic carbocycles. The summed E-state index contributed by atoms with van der Waals surface area (Å²) in [6, 6.07) is 7.71. The van der Waals surface area contributed by atoms with Crippen LogP contribution in [0.2, 0.25) is 0 Å². The number of fused-ring (bicyclic) bond motifs is 1. The van der Waals surface area contributed by atoms with Crippen molar-refractivity contribution in [3.63, 3.8) is 0 Å². The van der Waals surface area contributed by atoms with Crippen molar-refractivity contribution in [2.75, 3.05) is 0 Å². The van der Waals surface area contributed by atoms with Crippen LogP contribution >= 0.6 is 0 Å². The maximum Gasteiger partial charge on any atom is 0.239 e. The van der Waals surface area contributed by atoms with Gasteiger partial charge in [0.25, 0.3) is 0 Å². The van der Waals surface area contributed by atoms with Gasteiger partial charge in [-0.25, -0.2) is 0 Å². The average molecular weight is 579 g/mol. The Hall–Kier alpha value is -3.47. The average Bonchev–Trinajstić information content (AvgIpc) is 2.93. The fourth-order valence-corrected chi connectivity index (χ4v) is 4.71. The molecule has 0 saturated carbocycles. The van der Waals surface area contributed by atoms with Gasteiger partial charge in [-0.3, -0.25) is 4.79 Å². The molecule has 3 aromatic rings. The van der Waals surface area contributed by atoms with Gasteiger partial charge in [-0.1, -0.05) is 0 Å². The summed E-state index contributed by atoms with van der Waals surface area (Å²) in [7, 11) is 0. The van der Waals surface area contributed by atoms with E-state index in [2.05, 4.69) is 0 Å². The zero-order chi connectivity index (χ0) is 29.7. The van der Waals surface area contributed by atoms with E-state index in [1.807, 2.05) is 0 Å². The molecule has 41 heavy (non-hydrogen) atoms. The van der Waals surface area contributed by atoms with Gasteiger partial charge in [0.2, 0.25) is 23.8 Å². The highest BCUT2D eigenvalue weighted by Crippen LogP contribution is 2.38. The second-order valence-corrected chi connectivity index (χ2v) is 10.1. The Bertz CT molecular complexity index is 1460. The lowest BCUT2D eigenvalue weighted by molar-refractivity contribution is -0.268. The lowest BCUT2D eigenvalue weighted by Crippen LogP contribution is -2.58. The summed E-state index contributed by atoms with van der Waals surface area (Å²) in [4.78, 5) is 13.7. The zero-order valence-corrected chi connectivity index (χ0v) is 21.8. The van der Waals surface area contributed by atoms with E-state index in [1.54, 1.807) is 0 Å². The minimum Gasteiger partial charge on any atom is -0.508 e. The molecule has 10 atom stereocenters. The topological polar surface area (TPSA) is 229 Å². The number of aliphatic hydroxyl groups is 6. The molecule has 2 aliphatic rings. The molecule has 222 valence electrons. The third kappa shape index (κ3) is 5.31. The molecule has 2 aliphatic heterocycles. The first-order chi connectivity index (χ1) is 19.4. The van der Waals surface area contributed by atoms with Crippen molar-refractivity contribution in [1.29, 1.82) is 0 Å². The quantitative estimate of drug-likeness (QED) is 0.187. The number of aromatic hydroxyl groups is 2. The molecular weight excluding hydrogens is 548 g/mol. The molecule has 8 N–H and O–H groups in total. The highest BCUT2D eigenvalue weighted by atomic mass is 16.7. The largest absolute Gasteiger partial charge is 0.508 e. The summed E-state index contributed by atoms with van der Waals surface area (Å²) in [6.45, 7) is 2.90. The maximum atomic E-state index is 13.7. The second-order valence-electron chi connectivity index (χ2n) is 10.1. The van der Waals surface area contributed by atoms with E-state index in [0.29, 0.717) is 0 Å². The Labute approximate surface area is 231 Å². The normalized spacial score (nSPS) is 34.0. The molecule has 14 nitrogen and oxygen atoms in total. The van der Waals surface area contributed by atoms with Crippen molar-refractivity contribution >= 4 is 11.0 Å². The van der Waals surface area contributed by atoms with Gasteiger partial charge >= 0.3 is 0 Å². The van der Waals surface area contributed by atoms with E-state index in [0.717, 1.165) is 6.07 Å². The zero-order valence-electron chi connectivity index (χ0n) is 21.8. The van der Waals surface area contributed by atoms with E-state index in [-0.39, 0.29) is 33.8 Å². The molecule has 14 heteroatoms. The van der Waals surface area contributed by atoms with Crippen molar-refractivity contribution < 1.29 is 64.2 Å². The van der Waals surface area contributed by atoms with Crippen molar-refractivity contribution in [2.24, 2.45) is 0 Å². The maximum absolute atomic E-state index is 13.7. The number of benzene rings is 2. The van der Waals surface area contributed by atoms with Gasteiger partial charge in [0, 0.05) is 17.7 Å². The highest BCUT2D eigenvalue weighted by Gasteiger charge is 2.45. The van der Waals surface area contributed by atoms with Crippen LogP contribution in [0, 0.1) is 0 Å². The number of hydrogen-bond acceptors (Lipinski definition) is 14. The SMILES string of the molecule is C[C@H]1OC(Oc2cc(O)c3c(=O)c(OC4O[C@H](C)[C@@H](O)[C@H](O)[C@@H]4O)c(-c4ccc(O)cc4)oc3c2)[C@H](O)[C@@H](O)[C@H]1O. The number of phenolic OH excluding ortho intramolecular Hbond substituents is 2. The van der Waals surface area contributed by atoms with Crippen LogP contribution in [0.1, 0.15) is 13.8 Å². The number of phenols is 2. The van der Waals surface area contributed by atoms with Gasteiger partial charge in [-0.2, -0.15) is 0 Å². The molecule has 3 heterocycles. The van der Waals surface area contributed by atoms with Crippen LogP contribution in [0.3, 0.4) is 0 Å². The van der Waals surface area contributed by atoms with Gasteiger partial charge in [0.15, 0.2) is 5.76 Å². The van der Waals surface area contributed by atoms with Crippen LogP contribution in [0.25, 0.3) is 22.3 Å². The molecule has 0 spiro atoms. The first-order valence-electron chi connectivity index (χ1n) is 12.7. The Morgan fingerprint density at radius 1 is 0.707 bits per heavy atom. The summed E-state index contributed by atoms with van der Waals surface area (Å²) in [5, 5.41) is 81.1. The van der Waals surface area contributed by atoms with Crippen LogP contribution in [0.5, 0.6) is 23.0 Å². The van der Waals surface area contributed by atoms with Crippen molar-refractivity contribution in [3.8, 4) is 34.3 Å². The van der Waals surface area contributed by atoms with E-state index in [1.165, 1.54) is 44.2 Å². The third-order valence-electron chi connectivity index (χ3n) is 7.14. The third-order valence-corrected chi connectivity index (χ3v) is 7.14. The lowest BCUT2D eigenvalue weighted by atomic mass is 10.00. The number of rotatable bonds is 5. The number of aliphatic hydroxyl groups excluding tert-OH is 6. The van der Waals surface area contributed by atoms with Crippen LogP contribution in [0.4, 0.5) is 0 Å². The van der Waals surface area contributed by atoms with Crippen molar-refractivity contribution in [3.05, 3.63) is 46.6 Å². The molecular formula is C27H30O14. The first kappa shape index (κ1) is 29.0. The Kier molecular flexibility index (Phi) is 7.84. The standard InChI is InChI=1S/C27H30O14/c1-9-17(30)20(33)22(35)26(37-9)39-13-7-14(29)16-15(8-13)40-24(11-3-5-12(28)6-4-11)25(19(16)32)41-27-23(36)21(34)18(31)10(2)38-27/h3-10,17-18,20-23,26-31,33-36H,1-2H3/t9-,10-,17+,18-,20+,21+,22-,23+,26?,27?/m1/s1. The van der Waals surface area contributed by atoms with E-state index < -0.39 is 78.3 Å². The lowest BCUT2D eigenvalue weighted by Gasteiger charge is -2.39. The Morgan fingerprint density at radius 2 is 1.24 bits per heavy atom. The molecule has 0 radical (unpaired) electrons. The van der Waals surface area contributed by atoms with Gasteiger partial charge in [0.1, 0.15) is 64.8 Å². The summed E-state index contributed by atoms with van der Waals surface area (Å²) in [5.74, 6) is -1.55. The fraction of sp³-hybridized carbons (Fsp3) is 0.444. The molecule has 1 aromatic heterocycles. The first-order valence-corrected chi connectivity index (χ1v) is 12.7. The predicted molar refractivity (Wildman–Crippen MR) is 137 cm³/mol. The monoisotopic (exact) mass is 578 g/mol. The van der Waals surface area contributed by atoms with Crippen LogP contribution < -0.4 is 14.9 Å². The van der Waals surface area contributed by atoms with Crippen molar-refractivity contribution in [2.45, 2.75) is 75.3 Å². The molecule has 2 fully saturated rings. The molecule has 5 rings (SSSR count).